The highest BCUT2D eigenvalue weighted by Crippen LogP contribution is 2.29. The molecule has 2 amide bonds. The van der Waals surface area contributed by atoms with E-state index in [4.69, 9.17) is 5.11 Å². The third-order valence-electron chi connectivity index (χ3n) is 2.87. The Morgan fingerprint density at radius 1 is 1.47 bits per heavy atom. The average molecular weight is 244 g/mol. The largest absolute Gasteiger partial charge is 0.480 e. The van der Waals surface area contributed by atoms with E-state index >= 15 is 0 Å². The molecule has 1 fully saturated rings. The van der Waals surface area contributed by atoms with Gasteiger partial charge in [0.2, 0.25) is 0 Å². The number of carbonyl (C=O) groups excluding carboxylic acids is 1. The first-order valence-corrected chi connectivity index (χ1v) is 5.92. The lowest BCUT2D eigenvalue weighted by molar-refractivity contribution is -0.141. The predicted molar refractivity (Wildman–Crippen MR) is 61.6 cm³/mol. The Hall–Kier alpha value is -1.30. The van der Waals surface area contributed by atoms with Crippen LogP contribution in [0.4, 0.5) is 4.79 Å². The predicted octanol–water partition coefficient (Wildman–Crippen LogP) is 0.262. The highest BCUT2D eigenvalue weighted by molar-refractivity contribution is 5.83. The monoisotopic (exact) mass is 244 g/mol. The van der Waals surface area contributed by atoms with Crippen molar-refractivity contribution in [1.29, 1.82) is 0 Å². The van der Waals surface area contributed by atoms with Gasteiger partial charge in [-0.2, -0.15) is 0 Å². The van der Waals surface area contributed by atoms with E-state index in [0.29, 0.717) is 19.0 Å². The van der Waals surface area contributed by atoms with E-state index in [-0.39, 0.29) is 0 Å². The summed E-state index contributed by atoms with van der Waals surface area (Å²) in [5.74, 6) is -0.675. The summed E-state index contributed by atoms with van der Waals surface area (Å²) >= 11 is 0. The van der Waals surface area contributed by atoms with Gasteiger partial charge in [-0.05, 0) is 32.6 Å². The molecule has 0 spiro atoms. The quantitative estimate of drug-likeness (QED) is 0.625. The summed E-state index contributed by atoms with van der Waals surface area (Å²) in [7, 11) is 0. The number of hydrogen-bond donors (Lipinski definition) is 3. The molecule has 6 heteroatoms. The molecule has 3 N–H and O–H groups in total. The molecule has 0 heterocycles. The lowest BCUT2D eigenvalue weighted by Crippen LogP contribution is -2.52. The van der Waals surface area contributed by atoms with Gasteiger partial charge in [0.1, 0.15) is 0 Å². The number of carboxylic acids is 1. The highest BCUT2D eigenvalue weighted by Gasteiger charge is 2.30. The topological polar surface area (TPSA) is 89.9 Å². The van der Waals surface area contributed by atoms with Crippen molar-refractivity contribution in [3.8, 4) is 0 Å². The van der Waals surface area contributed by atoms with Crippen molar-refractivity contribution in [3.05, 3.63) is 0 Å². The Labute approximate surface area is 101 Å². The van der Waals surface area contributed by atoms with Gasteiger partial charge in [-0.1, -0.05) is 0 Å². The fourth-order valence-electron chi connectivity index (χ4n) is 1.58. The van der Waals surface area contributed by atoms with Crippen LogP contribution in [-0.2, 0) is 4.79 Å². The standard InChI is InChI=1S/C11H20N2O4/c1-3-13(6-8-4-5-8)11(17)12-9(7(2)14)10(15)16/h7-9,14H,3-6H2,1-2H3,(H,12,17)(H,15,16)/t7-,9+/m1/s1. The number of hydrogen-bond acceptors (Lipinski definition) is 3. The highest BCUT2D eigenvalue weighted by atomic mass is 16.4. The fraction of sp³-hybridized carbons (Fsp3) is 0.818. The Bertz CT molecular complexity index is 289. The maximum absolute atomic E-state index is 11.8. The number of aliphatic carboxylic acids is 1. The Balaban J connectivity index is 2.51. The molecule has 0 aromatic carbocycles. The molecule has 98 valence electrons. The number of carboxylic acid groups (broad SMARTS) is 1. The minimum atomic E-state index is -1.25. The van der Waals surface area contributed by atoms with Gasteiger partial charge in [0.15, 0.2) is 6.04 Å². The summed E-state index contributed by atoms with van der Waals surface area (Å²) in [6, 6.07) is -1.68. The van der Waals surface area contributed by atoms with Gasteiger partial charge in [-0.15, -0.1) is 0 Å². The maximum atomic E-state index is 11.8. The zero-order chi connectivity index (χ0) is 13.0. The third-order valence-corrected chi connectivity index (χ3v) is 2.87. The van der Waals surface area contributed by atoms with Gasteiger partial charge in [-0.3, -0.25) is 0 Å². The van der Waals surface area contributed by atoms with Crippen LogP contribution in [0.1, 0.15) is 26.7 Å². The summed E-state index contributed by atoms with van der Waals surface area (Å²) in [5.41, 5.74) is 0. The Morgan fingerprint density at radius 2 is 2.06 bits per heavy atom. The van der Waals surface area contributed by atoms with Crippen molar-refractivity contribution in [2.24, 2.45) is 5.92 Å². The number of amides is 2. The molecule has 0 unspecified atom stereocenters. The van der Waals surface area contributed by atoms with Crippen LogP contribution < -0.4 is 5.32 Å². The van der Waals surface area contributed by atoms with Crippen molar-refractivity contribution in [3.63, 3.8) is 0 Å². The molecule has 17 heavy (non-hydrogen) atoms. The van der Waals surface area contributed by atoms with Gasteiger partial charge in [0, 0.05) is 13.1 Å². The van der Waals surface area contributed by atoms with Crippen molar-refractivity contribution in [2.45, 2.75) is 38.8 Å². The minimum absolute atomic E-state index is 0.423. The van der Waals surface area contributed by atoms with Crippen LogP contribution >= 0.6 is 0 Å². The molecule has 6 nitrogen and oxygen atoms in total. The smallest absolute Gasteiger partial charge is 0.328 e. The molecule has 1 aliphatic rings. The van der Waals surface area contributed by atoms with E-state index in [0.717, 1.165) is 12.8 Å². The van der Waals surface area contributed by atoms with E-state index in [2.05, 4.69) is 5.32 Å². The third kappa shape index (κ3) is 4.22. The summed E-state index contributed by atoms with van der Waals surface area (Å²) in [6.07, 6.45) is 1.14. The zero-order valence-corrected chi connectivity index (χ0v) is 10.2. The van der Waals surface area contributed by atoms with Gasteiger partial charge in [0.05, 0.1) is 6.10 Å². The van der Waals surface area contributed by atoms with Gasteiger partial charge >= 0.3 is 12.0 Å². The number of urea groups is 1. The van der Waals surface area contributed by atoms with Crippen molar-refractivity contribution in [2.75, 3.05) is 13.1 Å². The lowest BCUT2D eigenvalue weighted by Gasteiger charge is -2.24. The molecule has 1 saturated carbocycles. The number of rotatable bonds is 6. The van der Waals surface area contributed by atoms with Crippen molar-refractivity contribution >= 4 is 12.0 Å². The van der Waals surface area contributed by atoms with Crippen LogP contribution in [0.5, 0.6) is 0 Å². The van der Waals surface area contributed by atoms with E-state index in [1.807, 2.05) is 6.92 Å². The number of aliphatic hydroxyl groups is 1. The molecule has 0 radical (unpaired) electrons. The molecule has 0 aliphatic heterocycles. The van der Waals surface area contributed by atoms with E-state index in [1.54, 1.807) is 4.90 Å². The van der Waals surface area contributed by atoms with Gasteiger partial charge in [-0.25, -0.2) is 9.59 Å². The molecule has 1 rings (SSSR count). The molecular formula is C11H20N2O4. The molecule has 2 atom stereocenters. The minimum Gasteiger partial charge on any atom is -0.480 e. The van der Waals surface area contributed by atoms with E-state index < -0.39 is 24.1 Å². The summed E-state index contributed by atoms with van der Waals surface area (Å²) < 4.78 is 0. The van der Waals surface area contributed by atoms with Gasteiger partial charge < -0.3 is 20.4 Å². The van der Waals surface area contributed by atoms with Crippen molar-refractivity contribution in [1.82, 2.24) is 10.2 Å². The second kappa shape index (κ2) is 5.86. The molecule has 0 saturated heterocycles. The molecule has 0 aromatic heterocycles. The first-order chi connectivity index (χ1) is 7.95. The summed E-state index contributed by atoms with van der Waals surface area (Å²) in [4.78, 5) is 24.2. The van der Waals surface area contributed by atoms with Gasteiger partial charge in [0.25, 0.3) is 0 Å². The Morgan fingerprint density at radius 3 is 2.41 bits per heavy atom. The maximum Gasteiger partial charge on any atom is 0.328 e. The number of nitrogens with zero attached hydrogens (tertiary/aromatic N) is 1. The van der Waals surface area contributed by atoms with Crippen LogP contribution in [0, 0.1) is 5.92 Å². The summed E-state index contributed by atoms with van der Waals surface area (Å²) in [6.45, 7) is 4.39. The number of aliphatic hydroxyl groups excluding tert-OH is 1. The number of nitrogens with one attached hydrogen (secondary N) is 1. The fourth-order valence-corrected chi connectivity index (χ4v) is 1.58. The first kappa shape index (κ1) is 13.8. The SMILES string of the molecule is CCN(CC1CC1)C(=O)N[C@H](C(=O)O)[C@@H](C)O. The van der Waals surface area contributed by atoms with Crippen LogP contribution in [0.15, 0.2) is 0 Å². The van der Waals surface area contributed by atoms with E-state index in [9.17, 15) is 14.7 Å². The summed E-state index contributed by atoms with van der Waals surface area (Å²) in [5, 5.41) is 20.5. The first-order valence-electron chi connectivity index (χ1n) is 5.92. The van der Waals surface area contributed by atoms with Crippen molar-refractivity contribution < 1.29 is 19.8 Å². The molecule has 0 bridgehead atoms. The second-order valence-corrected chi connectivity index (χ2v) is 4.49. The lowest BCUT2D eigenvalue weighted by atomic mass is 10.2. The molecule has 0 aromatic rings. The second-order valence-electron chi connectivity index (χ2n) is 4.49. The van der Waals surface area contributed by atoms with Crippen LogP contribution in [0.2, 0.25) is 0 Å². The number of carbonyl (C=O) groups is 2. The Kier molecular flexibility index (Phi) is 4.74. The molecule has 1 aliphatic carbocycles. The molecular weight excluding hydrogens is 224 g/mol. The van der Waals surface area contributed by atoms with Crippen LogP contribution in [0.25, 0.3) is 0 Å². The zero-order valence-electron chi connectivity index (χ0n) is 10.2. The van der Waals surface area contributed by atoms with Crippen LogP contribution in [0.3, 0.4) is 0 Å². The van der Waals surface area contributed by atoms with E-state index in [1.165, 1.54) is 6.92 Å². The normalized spacial score (nSPS) is 18.3. The van der Waals surface area contributed by atoms with Crippen LogP contribution in [-0.4, -0.2) is 52.3 Å². The average Bonchev–Trinajstić information content (AvgIpc) is 3.04.